The van der Waals surface area contributed by atoms with E-state index < -0.39 is 11.6 Å². The number of aliphatic hydroxyl groups is 1. The number of nitrogens with one attached hydrogen (secondary N) is 1. The van der Waals surface area contributed by atoms with E-state index in [9.17, 15) is 19.5 Å². The van der Waals surface area contributed by atoms with E-state index in [-0.39, 0.29) is 24.9 Å². The first-order valence-corrected chi connectivity index (χ1v) is 10.3. The summed E-state index contributed by atoms with van der Waals surface area (Å²) in [5, 5.41) is 13.4. The molecule has 4 amide bonds. The van der Waals surface area contributed by atoms with Crippen LogP contribution < -0.4 is 5.32 Å². The molecule has 3 heterocycles. The minimum Gasteiger partial charge on any atom is -0.388 e. The average molecular weight is 400 g/mol. The van der Waals surface area contributed by atoms with E-state index in [1.54, 1.807) is 4.90 Å². The summed E-state index contributed by atoms with van der Waals surface area (Å²) < 4.78 is 0. The second-order valence-electron chi connectivity index (χ2n) is 8.40. The van der Waals surface area contributed by atoms with Crippen LogP contribution in [0.25, 0.3) is 0 Å². The van der Waals surface area contributed by atoms with Crippen molar-refractivity contribution in [1.29, 1.82) is 0 Å². The van der Waals surface area contributed by atoms with Gasteiger partial charge in [0, 0.05) is 32.7 Å². The van der Waals surface area contributed by atoms with Crippen molar-refractivity contribution >= 4 is 17.8 Å². The van der Waals surface area contributed by atoms with Crippen molar-refractivity contribution < 1.29 is 19.5 Å². The van der Waals surface area contributed by atoms with E-state index in [2.05, 4.69) is 34.5 Å². The Labute approximate surface area is 170 Å². The van der Waals surface area contributed by atoms with Gasteiger partial charge in [-0.1, -0.05) is 24.3 Å². The van der Waals surface area contributed by atoms with E-state index in [1.165, 1.54) is 16.0 Å². The molecule has 0 saturated carbocycles. The van der Waals surface area contributed by atoms with Crippen LogP contribution in [0.1, 0.15) is 30.4 Å². The van der Waals surface area contributed by atoms with Crippen LogP contribution in [-0.2, 0) is 22.6 Å². The van der Waals surface area contributed by atoms with Crippen molar-refractivity contribution in [1.82, 2.24) is 20.0 Å². The number of likely N-dealkylation sites (tertiary alicyclic amines) is 1. The molecule has 1 aromatic rings. The molecule has 3 aliphatic heterocycles. The normalized spacial score (nSPS) is 25.6. The summed E-state index contributed by atoms with van der Waals surface area (Å²) in [5.41, 5.74) is 1.89. The van der Waals surface area contributed by atoms with Crippen molar-refractivity contribution in [3.05, 3.63) is 35.4 Å². The van der Waals surface area contributed by atoms with Gasteiger partial charge >= 0.3 is 6.03 Å². The fourth-order valence-corrected chi connectivity index (χ4v) is 4.57. The van der Waals surface area contributed by atoms with E-state index in [4.69, 9.17) is 0 Å². The number of nitrogens with zero attached hydrogens (tertiary/aromatic N) is 3. The molecule has 29 heavy (non-hydrogen) atoms. The minimum atomic E-state index is -0.817. The smallest absolute Gasteiger partial charge is 0.325 e. The number of carbonyl (C=O) groups excluding carboxylic acids is 3. The Hall–Kier alpha value is -2.45. The lowest BCUT2D eigenvalue weighted by molar-refractivity contribution is -0.131. The number of amides is 4. The monoisotopic (exact) mass is 400 g/mol. The number of rotatable bonds is 4. The number of hydrogen-bond donors (Lipinski definition) is 2. The SMILES string of the molecule is O=C1CN(CC(=O)N2CCCC(O)(CN3CCc4ccccc4C3)CC2)C(=O)N1. The molecule has 0 spiro atoms. The van der Waals surface area contributed by atoms with Gasteiger partial charge in [0.2, 0.25) is 11.8 Å². The van der Waals surface area contributed by atoms with Gasteiger partial charge in [-0.2, -0.15) is 0 Å². The first kappa shape index (κ1) is 19.8. The molecule has 2 N–H and O–H groups in total. The molecule has 0 aromatic heterocycles. The van der Waals surface area contributed by atoms with Crippen molar-refractivity contribution in [2.75, 3.05) is 39.3 Å². The molecule has 2 saturated heterocycles. The highest BCUT2D eigenvalue weighted by Crippen LogP contribution is 2.27. The topological polar surface area (TPSA) is 93.2 Å². The number of β-amino-alcohol motifs (C(OH)–C–C–N with tert-alkyl or cyclic N) is 1. The van der Waals surface area contributed by atoms with Gasteiger partial charge in [-0.25, -0.2) is 4.79 Å². The summed E-state index contributed by atoms with van der Waals surface area (Å²) in [4.78, 5) is 40.8. The van der Waals surface area contributed by atoms with Crippen molar-refractivity contribution in [3.63, 3.8) is 0 Å². The van der Waals surface area contributed by atoms with Crippen molar-refractivity contribution in [3.8, 4) is 0 Å². The van der Waals surface area contributed by atoms with Crippen molar-refractivity contribution in [2.24, 2.45) is 0 Å². The highest BCUT2D eigenvalue weighted by atomic mass is 16.3. The van der Waals surface area contributed by atoms with Crippen LogP contribution in [0.2, 0.25) is 0 Å². The number of urea groups is 1. The lowest BCUT2D eigenvalue weighted by Crippen LogP contribution is -2.46. The summed E-state index contributed by atoms with van der Waals surface area (Å²) in [5.74, 6) is -0.554. The van der Waals surface area contributed by atoms with Crippen LogP contribution in [0.3, 0.4) is 0 Å². The molecule has 8 nitrogen and oxygen atoms in total. The van der Waals surface area contributed by atoms with Gasteiger partial charge in [-0.15, -0.1) is 0 Å². The molecule has 4 rings (SSSR count). The summed E-state index contributed by atoms with van der Waals surface area (Å²) in [7, 11) is 0. The zero-order valence-corrected chi connectivity index (χ0v) is 16.6. The van der Waals surface area contributed by atoms with E-state index in [0.29, 0.717) is 32.5 Å². The molecule has 0 bridgehead atoms. The van der Waals surface area contributed by atoms with Crippen LogP contribution in [0, 0.1) is 0 Å². The lowest BCUT2D eigenvalue weighted by atomic mass is 9.92. The van der Waals surface area contributed by atoms with Gasteiger partial charge in [0.15, 0.2) is 0 Å². The third kappa shape index (κ3) is 4.59. The Balaban J connectivity index is 1.31. The minimum absolute atomic E-state index is 0.0706. The third-order valence-electron chi connectivity index (χ3n) is 6.19. The second kappa shape index (κ2) is 8.12. The van der Waals surface area contributed by atoms with Crippen molar-refractivity contribution in [2.45, 2.75) is 37.8 Å². The van der Waals surface area contributed by atoms with Crippen LogP contribution in [0.4, 0.5) is 4.79 Å². The highest BCUT2D eigenvalue weighted by molar-refractivity contribution is 6.03. The molecule has 8 heteroatoms. The van der Waals surface area contributed by atoms with Gasteiger partial charge in [0.25, 0.3) is 0 Å². The van der Waals surface area contributed by atoms with Crippen LogP contribution in [-0.4, -0.2) is 82.5 Å². The van der Waals surface area contributed by atoms with Gasteiger partial charge in [-0.05, 0) is 36.8 Å². The molecule has 156 valence electrons. The standard InChI is InChI=1S/C21H28N4O4/c26-18-13-25(20(28)22-18)14-19(27)24-9-3-7-21(29,8-11-24)15-23-10-6-16-4-1-2-5-17(16)12-23/h1-2,4-5,29H,3,6-15H2,(H,22,26,28). The quantitative estimate of drug-likeness (QED) is 0.711. The molecule has 0 aliphatic carbocycles. The van der Waals surface area contributed by atoms with Crippen LogP contribution in [0.15, 0.2) is 24.3 Å². The highest BCUT2D eigenvalue weighted by Gasteiger charge is 2.35. The predicted molar refractivity (Wildman–Crippen MR) is 106 cm³/mol. The largest absolute Gasteiger partial charge is 0.388 e. The zero-order chi connectivity index (χ0) is 20.4. The average Bonchev–Trinajstić information content (AvgIpc) is 2.88. The summed E-state index contributed by atoms with van der Waals surface area (Å²) in [6, 6.07) is 7.93. The molecule has 0 radical (unpaired) electrons. The van der Waals surface area contributed by atoms with Gasteiger partial charge in [0.1, 0.15) is 13.1 Å². The number of carbonyl (C=O) groups is 3. The van der Waals surface area contributed by atoms with Gasteiger partial charge < -0.3 is 14.9 Å². The summed E-state index contributed by atoms with van der Waals surface area (Å²) in [6.07, 6.45) is 2.88. The fraction of sp³-hybridized carbons (Fsp3) is 0.571. The maximum absolute atomic E-state index is 12.6. The fourth-order valence-electron chi connectivity index (χ4n) is 4.57. The van der Waals surface area contributed by atoms with Crippen LogP contribution >= 0.6 is 0 Å². The van der Waals surface area contributed by atoms with E-state index >= 15 is 0 Å². The molecule has 2 fully saturated rings. The third-order valence-corrected chi connectivity index (χ3v) is 6.19. The van der Waals surface area contributed by atoms with Crippen LogP contribution in [0.5, 0.6) is 0 Å². The number of hydrogen-bond acceptors (Lipinski definition) is 5. The zero-order valence-electron chi connectivity index (χ0n) is 16.6. The maximum Gasteiger partial charge on any atom is 0.325 e. The first-order valence-electron chi connectivity index (χ1n) is 10.3. The Morgan fingerprint density at radius 1 is 1.07 bits per heavy atom. The molecule has 1 atom stereocenters. The molecule has 1 aromatic carbocycles. The molecular formula is C21H28N4O4. The lowest BCUT2D eigenvalue weighted by Gasteiger charge is -2.36. The number of imide groups is 1. The number of benzene rings is 1. The summed E-state index contributed by atoms with van der Waals surface area (Å²) >= 11 is 0. The van der Waals surface area contributed by atoms with E-state index in [1.807, 2.05) is 0 Å². The maximum atomic E-state index is 12.6. The molecule has 3 aliphatic rings. The van der Waals surface area contributed by atoms with Gasteiger partial charge in [0.05, 0.1) is 5.60 Å². The first-order chi connectivity index (χ1) is 13.9. The molecular weight excluding hydrogens is 372 g/mol. The van der Waals surface area contributed by atoms with Gasteiger partial charge in [-0.3, -0.25) is 19.8 Å². The summed E-state index contributed by atoms with van der Waals surface area (Å²) in [6.45, 7) is 3.24. The second-order valence-corrected chi connectivity index (χ2v) is 8.40. The molecule has 1 unspecified atom stereocenters. The Morgan fingerprint density at radius 2 is 1.86 bits per heavy atom. The van der Waals surface area contributed by atoms with E-state index in [0.717, 1.165) is 25.9 Å². The Bertz CT molecular complexity index is 814. The Morgan fingerprint density at radius 3 is 2.62 bits per heavy atom. The number of fused-ring (bicyclic) bond motifs is 1. The Kier molecular flexibility index (Phi) is 5.56. The predicted octanol–water partition coefficient (Wildman–Crippen LogP) is 0.340.